The fourth-order valence-corrected chi connectivity index (χ4v) is 2.19. The largest absolute Gasteiger partial charge is 0.497 e. The molecule has 0 saturated heterocycles. The van der Waals surface area contributed by atoms with Crippen molar-refractivity contribution in [2.45, 2.75) is 25.7 Å². The van der Waals surface area contributed by atoms with E-state index >= 15 is 0 Å². The van der Waals surface area contributed by atoms with E-state index in [-0.39, 0.29) is 5.91 Å². The predicted octanol–water partition coefficient (Wildman–Crippen LogP) is 2.96. The summed E-state index contributed by atoms with van der Waals surface area (Å²) in [7, 11) is 1.63. The summed E-state index contributed by atoms with van der Waals surface area (Å²) < 4.78 is 6.32. The molecule has 3 nitrogen and oxygen atoms in total. The highest BCUT2D eigenvalue weighted by Gasteiger charge is 2.03. The Labute approximate surface area is 122 Å². The molecule has 0 spiro atoms. The first-order chi connectivity index (χ1) is 8.76. The summed E-state index contributed by atoms with van der Waals surface area (Å²) in [4.78, 5) is 11.7. The molecule has 0 aliphatic rings. The second-order valence-corrected chi connectivity index (χ2v) is 5.21. The maximum atomic E-state index is 11.7. The molecule has 0 heterocycles. The SMILES string of the molecule is COc1cccc(CC(=O)NCCCCCI)c1. The summed E-state index contributed by atoms with van der Waals surface area (Å²) in [5.74, 6) is 0.875. The van der Waals surface area contributed by atoms with Gasteiger partial charge in [0.1, 0.15) is 5.75 Å². The van der Waals surface area contributed by atoms with Gasteiger partial charge in [-0.3, -0.25) is 4.79 Å². The molecule has 0 radical (unpaired) electrons. The molecule has 0 saturated carbocycles. The van der Waals surface area contributed by atoms with Crippen LogP contribution in [0.25, 0.3) is 0 Å². The van der Waals surface area contributed by atoms with Crippen LogP contribution >= 0.6 is 22.6 Å². The fraction of sp³-hybridized carbons (Fsp3) is 0.500. The fourth-order valence-electron chi connectivity index (χ4n) is 1.65. The number of rotatable bonds is 8. The molecule has 0 fully saturated rings. The van der Waals surface area contributed by atoms with Crippen molar-refractivity contribution < 1.29 is 9.53 Å². The highest BCUT2D eigenvalue weighted by molar-refractivity contribution is 14.1. The first kappa shape index (κ1) is 15.3. The molecule has 0 bridgehead atoms. The van der Waals surface area contributed by atoms with Gasteiger partial charge < -0.3 is 10.1 Å². The van der Waals surface area contributed by atoms with E-state index < -0.39 is 0 Å². The Bertz CT molecular complexity index is 369. The van der Waals surface area contributed by atoms with E-state index in [1.807, 2.05) is 24.3 Å². The molecule has 18 heavy (non-hydrogen) atoms. The lowest BCUT2D eigenvalue weighted by Gasteiger charge is -2.06. The third-order valence-electron chi connectivity index (χ3n) is 2.63. The summed E-state index contributed by atoms with van der Waals surface area (Å²) in [5.41, 5.74) is 0.985. The number of benzene rings is 1. The lowest BCUT2D eigenvalue weighted by molar-refractivity contribution is -0.120. The topological polar surface area (TPSA) is 38.3 Å². The maximum absolute atomic E-state index is 11.7. The van der Waals surface area contributed by atoms with Crippen molar-refractivity contribution in [3.8, 4) is 5.75 Å². The van der Waals surface area contributed by atoms with Gasteiger partial charge in [-0.1, -0.05) is 41.1 Å². The number of carbonyl (C=O) groups excluding carboxylic acids is 1. The molecule has 1 N–H and O–H groups in total. The Balaban J connectivity index is 2.26. The van der Waals surface area contributed by atoms with E-state index in [1.165, 1.54) is 17.3 Å². The number of methoxy groups -OCH3 is 1. The van der Waals surface area contributed by atoms with Gasteiger partial charge in [0.15, 0.2) is 0 Å². The average molecular weight is 361 g/mol. The number of carbonyl (C=O) groups is 1. The van der Waals surface area contributed by atoms with Crippen LogP contribution in [0.3, 0.4) is 0 Å². The quantitative estimate of drug-likeness (QED) is 0.439. The summed E-state index contributed by atoms with van der Waals surface area (Å²) in [6.07, 6.45) is 3.89. The first-order valence-electron chi connectivity index (χ1n) is 6.22. The molecule has 1 aromatic rings. The average Bonchev–Trinajstić information content (AvgIpc) is 2.38. The minimum absolute atomic E-state index is 0.0812. The molecule has 100 valence electrons. The smallest absolute Gasteiger partial charge is 0.224 e. The number of unbranched alkanes of at least 4 members (excludes halogenated alkanes) is 2. The van der Waals surface area contributed by atoms with Gasteiger partial charge in [0, 0.05) is 6.54 Å². The summed E-state index contributed by atoms with van der Waals surface area (Å²) in [6.45, 7) is 0.777. The molecule has 0 aliphatic carbocycles. The zero-order chi connectivity index (χ0) is 13.2. The molecule has 4 heteroatoms. The molecule has 0 aromatic heterocycles. The second kappa shape index (κ2) is 9.19. The Hall–Kier alpha value is -0.780. The van der Waals surface area contributed by atoms with Crippen molar-refractivity contribution in [1.82, 2.24) is 5.32 Å². The van der Waals surface area contributed by atoms with E-state index in [1.54, 1.807) is 7.11 Å². The number of ether oxygens (including phenoxy) is 1. The highest BCUT2D eigenvalue weighted by atomic mass is 127. The van der Waals surface area contributed by atoms with Gasteiger partial charge in [-0.2, -0.15) is 0 Å². The van der Waals surface area contributed by atoms with Gasteiger partial charge in [0.05, 0.1) is 13.5 Å². The number of alkyl halides is 1. The van der Waals surface area contributed by atoms with Crippen LogP contribution in [0.1, 0.15) is 24.8 Å². The van der Waals surface area contributed by atoms with Gasteiger partial charge in [-0.15, -0.1) is 0 Å². The zero-order valence-corrected chi connectivity index (χ0v) is 12.9. The monoisotopic (exact) mass is 361 g/mol. The summed E-state index contributed by atoms with van der Waals surface area (Å²) in [6, 6.07) is 7.63. The van der Waals surface area contributed by atoms with Crippen molar-refractivity contribution in [3.63, 3.8) is 0 Å². The van der Waals surface area contributed by atoms with E-state index in [2.05, 4.69) is 27.9 Å². The zero-order valence-electron chi connectivity index (χ0n) is 10.7. The van der Waals surface area contributed by atoms with Crippen molar-refractivity contribution in [2.24, 2.45) is 0 Å². The molecule has 0 atom stereocenters. The van der Waals surface area contributed by atoms with Gasteiger partial charge in [-0.05, 0) is 35.0 Å². The van der Waals surface area contributed by atoms with Crippen LogP contribution in [-0.2, 0) is 11.2 Å². The van der Waals surface area contributed by atoms with Gasteiger partial charge in [-0.25, -0.2) is 0 Å². The minimum atomic E-state index is 0.0812. The maximum Gasteiger partial charge on any atom is 0.224 e. The van der Waals surface area contributed by atoms with Crippen LogP contribution in [0, 0.1) is 0 Å². The molecule has 1 aromatic carbocycles. The molecule has 0 aliphatic heterocycles. The van der Waals surface area contributed by atoms with Crippen molar-refractivity contribution in [3.05, 3.63) is 29.8 Å². The normalized spacial score (nSPS) is 10.1. The van der Waals surface area contributed by atoms with Crippen LogP contribution in [-0.4, -0.2) is 24.0 Å². The van der Waals surface area contributed by atoms with Crippen LogP contribution < -0.4 is 10.1 Å². The van der Waals surface area contributed by atoms with Crippen molar-refractivity contribution >= 4 is 28.5 Å². The Kier molecular flexibility index (Phi) is 7.80. The lowest BCUT2D eigenvalue weighted by Crippen LogP contribution is -2.26. The third kappa shape index (κ3) is 6.23. The number of nitrogens with one attached hydrogen (secondary N) is 1. The van der Waals surface area contributed by atoms with E-state index in [0.29, 0.717) is 6.42 Å². The Morgan fingerprint density at radius 1 is 1.33 bits per heavy atom. The van der Waals surface area contributed by atoms with Gasteiger partial charge in [0.25, 0.3) is 0 Å². The second-order valence-electron chi connectivity index (χ2n) is 4.13. The van der Waals surface area contributed by atoms with Gasteiger partial charge >= 0.3 is 0 Å². The molecule has 1 amide bonds. The van der Waals surface area contributed by atoms with Crippen LogP contribution in [0.2, 0.25) is 0 Å². The standard InChI is InChI=1S/C14H20INO2/c1-18-13-7-5-6-12(10-13)11-14(17)16-9-4-2-3-8-15/h5-7,10H,2-4,8-9,11H2,1H3,(H,16,17). The van der Waals surface area contributed by atoms with Gasteiger partial charge in [0.2, 0.25) is 5.91 Å². The molecule has 1 rings (SSSR count). The number of hydrogen-bond acceptors (Lipinski definition) is 2. The Morgan fingerprint density at radius 3 is 2.89 bits per heavy atom. The van der Waals surface area contributed by atoms with Crippen LogP contribution in [0.4, 0.5) is 0 Å². The molecule has 0 unspecified atom stereocenters. The van der Waals surface area contributed by atoms with Crippen LogP contribution in [0.15, 0.2) is 24.3 Å². The van der Waals surface area contributed by atoms with E-state index in [4.69, 9.17) is 4.74 Å². The first-order valence-corrected chi connectivity index (χ1v) is 7.74. The molecular formula is C14H20INO2. The minimum Gasteiger partial charge on any atom is -0.497 e. The lowest BCUT2D eigenvalue weighted by atomic mass is 10.1. The van der Waals surface area contributed by atoms with Crippen molar-refractivity contribution in [2.75, 3.05) is 18.1 Å². The summed E-state index contributed by atoms with van der Waals surface area (Å²) in [5, 5.41) is 2.95. The van der Waals surface area contributed by atoms with Crippen molar-refractivity contribution in [1.29, 1.82) is 0 Å². The predicted molar refractivity (Wildman–Crippen MR) is 82.4 cm³/mol. The summed E-state index contributed by atoms with van der Waals surface area (Å²) >= 11 is 2.38. The van der Waals surface area contributed by atoms with E-state index in [0.717, 1.165) is 24.3 Å². The highest BCUT2D eigenvalue weighted by Crippen LogP contribution is 2.12. The number of halogens is 1. The number of amides is 1. The number of hydrogen-bond donors (Lipinski definition) is 1. The molecular weight excluding hydrogens is 341 g/mol. The Morgan fingerprint density at radius 2 is 2.17 bits per heavy atom. The third-order valence-corrected chi connectivity index (χ3v) is 3.39. The van der Waals surface area contributed by atoms with Crippen LogP contribution in [0.5, 0.6) is 5.75 Å². The van der Waals surface area contributed by atoms with E-state index in [9.17, 15) is 4.79 Å².